The zero-order valence-corrected chi connectivity index (χ0v) is 18.5. The van der Waals surface area contributed by atoms with Gasteiger partial charge >= 0.3 is 0 Å². The number of guanidine groups is 1. The average molecular weight is 403 g/mol. The Morgan fingerprint density at radius 1 is 1.31 bits per heavy atom. The smallest absolute Gasteiger partial charge is 0.191 e. The number of ether oxygens (including phenoxy) is 1. The Morgan fingerprint density at radius 3 is 2.79 bits per heavy atom. The van der Waals surface area contributed by atoms with Crippen LogP contribution in [0.3, 0.4) is 0 Å². The van der Waals surface area contributed by atoms with Crippen molar-refractivity contribution in [2.75, 3.05) is 50.8 Å². The molecule has 0 spiro atoms. The van der Waals surface area contributed by atoms with Crippen LogP contribution in [0.2, 0.25) is 0 Å². The van der Waals surface area contributed by atoms with Gasteiger partial charge in [0.15, 0.2) is 5.96 Å². The van der Waals surface area contributed by atoms with Crippen molar-refractivity contribution in [3.05, 3.63) is 23.9 Å². The molecule has 2 aliphatic rings. The quantitative estimate of drug-likeness (QED) is 0.561. The standard InChI is InChI=1S/C22H38N6O/c1-5-23-22(24-15-18(3)28-13-14-29-16-19(28)4)26-20-9-11-27(12-10-20)21-8-6-7-17(2)25-21/h6-8,18-20H,5,9-16H2,1-4H3,(H2,23,24,26). The molecule has 2 aliphatic heterocycles. The molecule has 3 heterocycles. The van der Waals surface area contributed by atoms with Crippen LogP contribution in [0.5, 0.6) is 0 Å². The molecule has 0 amide bonds. The molecule has 162 valence electrons. The Labute approximate surface area is 175 Å². The normalized spacial score (nSPS) is 23.1. The van der Waals surface area contributed by atoms with E-state index in [0.717, 1.165) is 76.3 Å². The van der Waals surface area contributed by atoms with E-state index in [9.17, 15) is 0 Å². The molecule has 3 rings (SSSR count). The third-order valence-electron chi connectivity index (χ3n) is 5.88. The lowest BCUT2D eigenvalue weighted by atomic mass is 10.1. The Hall–Kier alpha value is -1.86. The van der Waals surface area contributed by atoms with Crippen LogP contribution in [-0.2, 0) is 4.74 Å². The molecule has 0 radical (unpaired) electrons. The fourth-order valence-electron chi connectivity index (χ4n) is 4.19. The molecule has 1 aromatic heterocycles. The van der Waals surface area contributed by atoms with Gasteiger partial charge in [-0.3, -0.25) is 9.89 Å². The largest absolute Gasteiger partial charge is 0.379 e. The van der Waals surface area contributed by atoms with Gasteiger partial charge in [-0.05, 0) is 52.7 Å². The third-order valence-corrected chi connectivity index (χ3v) is 5.88. The first-order valence-electron chi connectivity index (χ1n) is 11.1. The average Bonchev–Trinajstić information content (AvgIpc) is 2.73. The third kappa shape index (κ3) is 6.31. The van der Waals surface area contributed by atoms with Crippen LogP contribution in [0, 0.1) is 6.92 Å². The van der Waals surface area contributed by atoms with Crippen molar-refractivity contribution in [3.8, 4) is 0 Å². The summed E-state index contributed by atoms with van der Waals surface area (Å²) in [5, 5.41) is 7.08. The second kappa shape index (κ2) is 10.8. The molecule has 2 N–H and O–H groups in total. The Bertz CT molecular complexity index is 658. The highest BCUT2D eigenvalue weighted by Gasteiger charge is 2.24. The number of hydrogen-bond acceptors (Lipinski definition) is 5. The summed E-state index contributed by atoms with van der Waals surface area (Å²) in [6.45, 7) is 15.0. The summed E-state index contributed by atoms with van der Waals surface area (Å²) in [5.74, 6) is 2.03. The van der Waals surface area contributed by atoms with Gasteiger partial charge in [-0.1, -0.05) is 6.07 Å². The van der Waals surface area contributed by atoms with Crippen LogP contribution < -0.4 is 15.5 Å². The Kier molecular flexibility index (Phi) is 8.12. The topological polar surface area (TPSA) is 65.0 Å². The summed E-state index contributed by atoms with van der Waals surface area (Å²) >= 11 is 0. The van der Waals surface area contributed by atoms with Gasteiger partial charge in [0.1, 0.15) is 5.82 Å². The number of aliphatic imine (C=N–C) groups is 1. The maximum Gasteiger partial charge on any atom is 0.191 e. The SMILES string of the molecule is CCNC(=NCC(C)N1CCOCC1C)NC1CCN(c2cccc(C)n2)CC1. The number of pyridine rings is 1. The number of morpholine rings is 1. The number of aryl methyl sites for hydroxylation is 1. The summed E-state index contributed by atoms with van der Waals surface area (Å²) in [4.78, 5) is 14.4. The minimum absolute atomic E-state index is 0.415. The van der Waals surface area contributed by atoms with Crippen LogP contribution in [0.25, 0.3) is 0 Å². The fourth-order valence-corrected chi connectivity index (χ4v) is 4.19. The second-order valence-electron chi connectivity index (χ2n) is 8.27. The van der Waals surface area contributed by atoms with Gasteiger partial charge in [0, 0.05) is 50.0 Å². The summed E-state index contributed by atoms with van der Waals surface area (Å²) in [6, 6.07) is 7.58. The molecule has 7 nitrogen and oxygen atoms in total. The molecule has 29 heavy (non-hydrogen) atoms. The first-order valence-corrected chi connectivity index (χ1v) is 11.1. The highest BCUT2D eigenvalue weighted by Crippen LogP contribution is 2.18. The molecular formula is C22H38N6O. The zero-order chi connectivity index (χ0) is 20.6. The van der Waals surface area contributed by atoms with Crippen molar-refractivity contribution in [1.29, 1.82) is 0 Å². The zero-order valence-electron chi connectivity index (χ0n) is 18.5. The number of piperidine rings is 1. The highest BCUT2D eigenvalue weighted by molar-refractivity contribution is 5.80. The molecule has 7 heteroatoms. The predicted octanol–water partition coefficient (Wildman–Crippen LogP) is 2.02. The van der Waals surface area contributed by atoms with Crippen molar-refractivity contribution in [2.45, 2.75) is 58.7 Å². The van der Waals surface area contributed by atoms with E-state index in [4.69, 9.17) is 9.73 Å². The number of rotatable bonds is 6. The van der Waals surface area contributed by atoms with Crippen LogP contribution in [-0.4, -0.2) is 79.9 Å². The maximum atomic E-state index is 5.56. The summed E-state index contributed by atoms with van der Waals surface area (Å²) in [6.07, 6.45) is 2.19. The molecule has 2 atom stereocenters. The van der Waals surface area contributed by atoms with Gasteiger partial charge in [-0.2, -0.15) is 0 Å². The van der Waals surface area contributed by atoms with Gasteiger partial charge in [-0.25, -0.2) is 4.98 Å². The van der Waals surface area contributed by atoms with E-state index in [-0.39, 0.29) is 0 Å². The Balaban J connectivity index is 1.50. The van der Waals surface area contributed by atoms with E-state index in [1.807, 2.05) is 0 Å². The van der Waals surface area contributed by atoms with Crippen molar-refractivity contribution in [1.82, 2.24) is 20.5 Å². The molecule has 2 fully saturated rings. The van der Waals surface area contributed by atoms with Gasteiger partial charge in [0.2, 0.25) is 0 Å². The lowest BCUT2D eigenvalue weighted by Crippen LogP contribution is -2.51. The summed E-state index contributed by atoms with van der Waals surface area (Å²) in [5.41, 5.74) is 1.08. The van der Waals surface area contributed by atoms with E-state index in [1.165, 1.54) is 0 Å². The molecule has 0 bridgehead atoms. The van der Waals surface area contributed by atoms with E-state index in [1.54, 1.807) is 0 Å². The summed E-state index contributed by atoms with van der Waals surface area (Å²) < 4.78 is 5.56. The minimum atomic E-state index is 0.415. The first kappa shape index (κ1) is 21.8. The second-order valence-corrected chi connectivity index (χ2v) is 8.27. The molecule has 1 aromatic rings. The van der Waals surface area contributed by atoms with Gasteiger partial charge in [0.25, 0.3) is 0 Å². The number of anilines is 1. The fraction of sp³-hybridized carbons (Fsp3) is 0.727. The predicted molar refractivity (Wildman–Crippen MR) is 120 cm³/mol. The molecule has 2 unspecified atom stereocenters. The summed E-state index contributed by atoms with van der Waals surface area (Å²) in [7, 11) is 0. The van der Waals surface area contributed by atoms with E-state index >= 15 is 0 Å². The molecule has 0 aliphatic carbocycles. The highest BCUT2D eigenvalue weighted by atomic mass is 16.5. The number of nitrogens with zero attached hydrogens (tertiary/aromatic N) is 4. The number of hydrogen-bond donors (Lipinski definition) is 2. The van der Waals surface area contributed by atoms with Gasteiger partial charge < -0.3 is 20.3 Å². The lowest BCUT2D eigenvalue weighted by molar-refractivity contribution is -0.0165. The van der Waals surface area contributed by atoms with Crippen LogP contribution in [0.4, 0.5) is 5.82 Å². The van der Waals surface area contributed by atoms with Gasteiger partial charge in [-0.15, -0.1) is 0 Å². The molecule has 2 saturated heterocycles. The van der Waals surface area contributed by atoms with Gasteiger partial charge in [0.05, 0.1) is 19.8 Å². The molecular weight excluding hydrogens is 364 g/mol. The Morgan fingerprint density at radius 2 is 2.10 bits per heavy atom. The van der Waals surface area contributed by atoms with Crippen molar-refractivity contribution in [3.63, 3.8) is 0 Å². The monoisotopic (exact) mass is 402 g/mol. The number of aromatic nitrogens is 1. The molecule has 0 aromatic carbocycles. The van der Waals surface area contributed by atoms with E-state index < -0.39 is 0 Å². The van der Waals surface area contributed by atoms with Crippen LogP contribution >= 0.6 is 0 Å². The van der Waals surface area contributed by atoms with Crippen molar-refractivity contribution >= 4 is 11.8 Å². The minimum Gasteiger partial charge on any atom is -0.379 e. The van der Waals surface area contributed by atoms with Crippen molar-refractivity contribution < 1.29 is 4.74 Å². The maximum absolute atomic E-state index is 5.56. The van der Waals surface area contributed by atoms with E-state index in [2.05, 4.69) is 71.3 Å². The van der Waals surface area contributed by atoms with E-state index in [0.29, 0.717) is 18.1 Å². The van der Waals surface area contributed by atoms with Crippen LogP contribution in [0.15, 0.2) is 23.2 Å². The van der Waals surface area contributed by atoms with Crippen molar-refractivity contribution in [2.24, 2.45) is 4.99 Å². The van der Waals surface area contributed by atoms with Crippen LogP contribution in [0.1, 0.15) is 39.3 Å². The lowest BCUT2D eigenvalue weighted by Gasteiger charge is -2.37. The molecule has 0 saturated carbocycles. The number of nitrogens with one attached hydrogen (secondary N) is 2. The first-order chi connectivity index (χ1) is 14.1.